The Morgan fingerprint density at radius 1 is 1.00 bits per heavy atom. The van der Waals surface area contributed by atoms with Gasteiger partial charge in [-0.15, -0.1) is 0 Å². The minimum atomic E-state index is 0.271. The van der Waals surface area contributed by atoms with Gasteiger partial charge in [0.1, 0.15) is 0 Å². The second-order valence-electron chi connectivity index (χ2n) is 5.49. The number of amides is 1. The maximum atomic E-state index is 12.2. The summed E-state index contributed by atoms with van der Waals surface area (Å²) in [7, 11) is 0. The predicted octanol–water partition coefficient (Wildman–Crippen LogP) is 3.58. The molecule has 0 saturated carbocycles. The van der Waals surface area contributed by atoms with Gasteiger partial charge in [-0.05, 0) is 26.2 Å². The lowest BCUT2D eigenvalue weighted by molar-refractivity contribution is -0.130. The number of unbranched alkanes of at least 4 members (excludes halogenated alkanes) is 4. The van der Waals surface area contributed by atoms with Crippen molar-refractivity contribution in [1.82, 2.24) is 10.2 Å². The lowest BCUT2D eigenvalue weighted by Gasteiger charge is -2.24. The molecule has 0 bridgehead atoms. The molecule has 1 N–H and O–H groups in total. The fourth-order valence-corrected chi connectivity index (χ4v) is 1.98. The Kier molecular flexibility index (Phi) is 12.1. The molecule has 1 unspecified atom stereocenters. The highest BCUT2D eigenvalue weighted by Gasteiger charge is 2.13. The molecule has 0 radical (unpaired) electrons. The van der Waals surface area contributed by atoms with Crippen LogP contribution in [0.3, 0.4) is 0 Å². The summed E-state index contributed by atoms with van der Waals surface area (Å²) in [5.74, 6) is 0.271. The molecule has 0 saturated heterocycles. The third-order valence-corrected chi connectivity index (χ3v) is 3.63. The zero-order valence-corrected chi connectivity index (χ0v) is 13.5. The molecule has 3 nitrogen and oxygen atoms in total. The van der Waals surface area contributed by atoms with Crippen LogP contribution in [0.1, 0.15) is 72.6 Å². The van der Waals surface area contributed by atoms with Crippen molar-refractivity contribution in [3.05, 3.63) is 0 Å². The second kappa shape index (κ2) is 12.5. The minimum absolute atomic E-state index is 0.271. The maximum Gasteiger partial charge on any atom is 0.236 e. The van der Waals surface area contributed by atoms with Crippen molar-refractivity contribution in [3.63, 3.8) is 0 Å². The Balaban J connectivity index is 4.08. The molecular weight excluding hydrogens is 236 g/mol. The summed E-state index contributed by atoms with van der Waals surface area (Å²) in [5, 5.41) is 3.30. The average Bonchev–Trinajstić information content (AvgIpc) is 2.43. The molecule has 0 aromatic carbocycles. The van der Waals surface area contributed by atoms with Crippen molar-refractivity contribution in [2.75, 3.05) is 19.6 Å². The smallest absolute Gasteiger partial charge is 0.236 e. The van der Waals surface area contributed by atoms with Gasteiger partial charge in [0.2, 0.25) is 5.91 Å². The normalized spacial score (nSPS) is 12.4. The highest BCUT2D eigenvalue weighted by Crippen LogP contribution is 2.03. The van der Waals surface area contributed by atoms with E-state index in [0.29, 0.717) is 12.6 Å². The second-order valence-corrected chi connectivity index (χ2v) is 5.49. The summed E-state index contributed by atoms with van der Waals surface area (Å²) >= 11 is 0. The molecule has 0 aliphatic carbocycles. The largest absolute Gasteiger partial charge is 0.342 e. The summed E-state index contributed by atoms with van der Waals surface area (Å²) in [6.45, 7) is 11.0. The first-order chi connectivity index (χ1) is 9.15. The lowest BCUT2D eigenvalue weighted by Crippen LogP contribution is -2.41. The number of hydrogen-bond donors (Lipinski definition) is 1. The number of nitrogens with zero attached hydrogens (tertiary/aromatic N) is 1. The van der Waals surface area contributed by atoms with Gasteiger partial charge in [0, 0.05) is 19.1 Å². The number of nitrogens with one attached hydrogen (secondary N) is 1. The van der Waals surface area contributed by atoms with E-state index in [0.717, 1.165) is 32.4 Å². The van der Waals surface area contributed by atoms with Crippen LogP contribution in [0.2, 0.25) is 0 Å². The average molecular weight is 270 g/mol. The topological polar surface area (TPSA) is 32.3 Å². The highest BCUT2D eigenvalue weighted by molar-refractivity contribution is 5.78. The number of carbonyl (C=O) groups is 1. The van der Waals surface area contributed by atoms with E-state index in [1.54, 1.807) is 0 Å². The Morgan fingerprint density at radius 2 is 1.53 bits per heavy atom. The Labute approximate surface area is 120 Å². The molecule has 1 atom stereocenters. The van der Waals surface area contributed by atoms with Crippen molar-refractivity contribution in [3.8, 4) is 0 Å². The zero-order chi connectivity index (χ0) is 14.5. The van der Waals surface area contributed by atoms with Crippen molar-refractivity contribution >= 4 is 5.91 Å². The van der Waals surface area contributed by atoms with Gasteiger partial charge >= 0.3 is 0 Å². The summed E-state index contributed by atoms with van der Waals surface area (Å²) < 4.78 is 0. The molecular formula is C16H34N2O. The van der Waals surface area contributed by atoms with Gasteiger partial charge in [0.05, 0.1) is 6.54 Å². The van der Waals surface area contributed by atoms with Crippen LogP contribution in [0.4, 0.5) is 0 Å². The molecule has 0 aliphatic rings. The maximum absolute atomic E-state index is 12.2. The molecule has 114 valence electrons. The third kappa shape index (κ3) is 9.94. The highest BCUT2D eigenvalue weighted by atomic mass is 16.2. The molecule has 0 aromatic heterocycles. The van der Waals surface area contributed by atoms with Crippen LogP contribution in [0.5, 0.6) is 0 Å². The Morgan fingerprint density at radius 3 is 1.95 bits per heavy atom. The zero-order valence-electron chi connectivity index (χ0n) is 13.5. The van der Waals surface area contributed by atoms with E-state index in [-0.39, 0.29) is 5.91 Å². The number of carbonyl (C=O) groups excluding carboxylic acids is 1. The Bertz CT molecular complexity index is 209. The van der Waals surface area contributed by atoms with Crippen LogP contribution in [0, 0.1) is 0 Å². The van der Waals surface area contributed by atoms with Crippen molar-refractivity contribution in [2.45, 2.75) is 78.7 Å². The minimum Gasteiger partial charge on any atom is -0.342 e. The standard InChI is InChI=1S/C16H34N2O/c1-5-8-10-12-18(13-11-9-6-2)16(19)14-17-15(4)7-3/h15,17H,5-14H2,1-4H3. The van der Waals surface area contributed by atoms with Gasteiger partial charge in [-0.3, -0.25) is 4.79 Å². The number of rotatable bonds is 12. The van der Waals surface area contributed by atoms with Crippen molar-refractivity contribution in [1.29, 1.82) is 0 Å². The molecule has 3 heteroatoms. The molecule has 0 fully saturated rings. The molecule has 0 spiro atoms. The summed E-state index contributed by atoms with van der Waals surface area (Å²) in [5.41, 5.74) is 0. The third-order valence-electron chi connectivity index (χ3n) is 3.63. The van der Waals surface area contributed by atoms with Gasteiger partial charge < -0.3 is 10.2 Å². The van der Waals surface area contributed by atoms with Gasteiger partial charge in [-0.1, -0.05) is 46.5 Å². The van der Waals surface area contributed by atoms with Crippen LogP contribution >= 0.6 is 0 Å². The van der Waals surface area contributed by atoms with E-state index in [1.165, 1.54) is 25.7 Å². The molecule has 0 aromatic rings. The fourth-order valence-electron chi connectivity index (χ4n) is 1.98. The van der Waals surface area contributed by atoms with E-state index in [1.807, 2.05) is 0 Å². The monoisotopic (exact) mass is 270 g/mol. The fraction of sp³-hybridized carbons (Fsp3) is 0.938. The summed E-state index contributed by atoms with van der Waals surface area (Å²) in [6, 6.07) is 0.428. The summed E-state index contributed by atoms with van der Waals surface area (Å²) in [6.07, 6.45) is 8.20. The first-order valence-corrected chi connectivity index (χ1v) is 8.16. The van der Waals surface area contributed by atoms with Crippen molar-refractivity contribution < 1.29 is 4.79 Å². The quantitative estimate of drug-likeness (QED) is 0.550. The van der Waals surface area contributed by atoms with Crippen LogP contribution in [0.25, 0.3) is 0 Å². The van der Waals surface area contributed by atoms with Gasteiger partial charge in [0.25, 0.3) is 0 Å². The first-order valence-electron chi connectivity index (χ1n) is 8.16. The molecule has 0 heterocycles. The van der Waals surface area contributed by atoms with Crippen LogP contribution < -0.4 is 5.32 Å². The van der Waals surface area contributed by atoms with Crippen LogP contribution in [-0.4, -0.2) is 36.5 Å². The van der Waals surface area contributed by atoms with Gasteiger partial charge in [-0.2, -0.15) is 0 Å². The van der Waals surface area contributed by atoms with E-state index in [4.69, 9.17) is 0 Å². The SMILES string of the molecule is CCCCCN(CCCCC)C(=O)CNC(C)CC. The van der Waals surface area contributed by atoms with Crippen LogP contribution in [0.15, 0.2) is 0 Å². The summed E-state index contributed by atoms with van der Waals surface area (Å²) in [4.78, 5) is 14.3. The van der Waals surface area contributed by atoms with Gasteiger partial charge in [-0.25, -0.2) is 0 Å². The van der Waals surface area contributed by atoms with E-state index in [9.17, 15) is 4.79 Å². The predicted molar refractivity (Wildman–Crippen MR) is 83.4 cm³/mol. The first kappa shape index (κ1) is 18.4. The van der Waals surface area contributed by atoms with E-state index >= 15 is 0 Å². The van der Waals surface area contributed by atoms with Gasteiger partial charge in [0.15, 0.2) is 0 Å². The van der Waals surface area contributed by atoms with Crippen molar-refractivity contribution in [2.24, 2.45) is 0 Å². The molecule has 19 heavy (non-hydrogen) atoms. The molecule has 1 amide bonds. The molecule has 0 aliphatic heterocycles. The van der Waals surface area contributed by atoms with E-state index in [2.05, 4.69) is 37.9 Å². The number of hydrogen-bond acceptors (Lipinski definition) is 2. The lowest BCUT2D eigenvalue weighted by atomic mass is 10.2. The van der Waals surface area contributed by atoms with Crippen LogP contribution in [-0.2, 0) is 4.79 Å². The van der Waals surface area contributed by atoms with E-state index < -0.39 is 0 Å². The molecule has 0 rings (SSSR count). The Hall–Kier alpha value is -0.570.